The molecule has 0 fully saturated rings. The van der Waals surface area contributed by atoms with Crippen LogP contribution in [0.25, 0.3) is 0 Å². The molecule has 2 aromatic rings. The first-order chi connectivity index (χ1) is 11.9. The smallest absolute Gasteiger partial charge is 0.344 e. The van der Waals surface area contributed by atoms with Gasteiger partial charge in [0.25, 0.3) is 5.91 Å². The normalized spacial score (nSPS) is 11.5. The van der Waals surface area contributed by atoms with E-state index in [9.17, 15) is 9.59 Å². The molecule has 2 aromatic carbocycles. The largest absolute Gasteiger partial charge is 0.481 e. The summed E-state index contributed by atoms with van der Waals surface area (Å²) in [5.41, 5.74) is 0.719. The van der Waals surface area contributed by atoms with Gasteiger partial charge in [-0.3, -0.25) is 4.79 Å². The van der Waals surface area contributed by atoms with E-state index in [1.807, 2.05) is 18.2 Å². The molecule has 0 heterocycles. The number of halogens is 2. The predicted octanol–water partition coefficient (Wildman–Crippen LogP) is 4.08. The standard InChI is InChI=1S/C18H17BrClNO4/c1-12(18(23)21(2)14-6-4-3-5-7-14)25-17(22)11-24-16-9-8-13(20)10-15(16)19/h3-10,12H,11H2,1-2H3. The van der Waals surface area contributed by atoms with Crippen molar-refractivity contribution >= 4 is 45.1 Å². The second kappa shape index (κ2) is 8.87. The number of amides is 1. The highest BCUT2D eigenvalue weighted by Crippen LogP contribution is 2.27. The highest BCUT2D eigenvalue weighted by Gasteiger charge is 2.22. The van der Waals surface area contributed by atoms with E-state index >= 15 is 0 Å². The van der Waals surface area contributed by atoms with Crippen molar-refractivity contribution in [3.63, 3.8) is 0 Å². The zero-order valence-corrected chi connectivity index (χ0v) is 16.1. The van der Waals surface area contributed by atoms with Gasteiger partial charge in [-0.25, -0.2) is 4.79 Å². The number of carbonyl (C=O) groups excluding carboxylic acids is 2. The SMILES string of the molecule is CC(OC(=O)COc1ccc(Cl)cc1Br)C(=O)N(C)c1ccccc1. The van der Waals surface area contributed by atoms with Gasteiger partial charge in [0, 0.05) is 17.8 Å². The Morgan fingerprint density at radius 3 is 2.52 bits per heavy atom. The minimum atomic E-state index is -0.921. The van der Waals surface area contributed by atoms with Crippen molar-refractivity contribution in [1.29, 1.82) is 0 Å². The van der Waals surface area contributed by atoms with Crippen LogP contribution in [0.15, 0.2) is 53.0 Å². The van der Waals surface area contributed by atoms with Crippen LogP contribution < -0.4 is 9.64 Å². The van der Waals surface area contributed by atoms with E-state index in [-0.39, 0.29) is 12.5 Å². The minimum absolute atomic E-state index is 0.313. The topological polar surface area (TPSA) is 55.8 Å². The number of nitrogens with zero attached hydrogens (tertiary/aromatic N) is 1. The summed E-state index contributed by atoms with van der Waals surface area (Å²) in [7, 11) is 1.63. The van der Waals surface area contributed by atoms with Crippen molar-refractivity contribution < 1.29 is 19.1 Å². The van der Waals surface area contributed by atoms with Crippen LogP contribution in [0.4, 0.5) is 5.69 Å². The molecule has 0 saturated carbocycles. The molecule has 25 heavy (non-hydrogen) atoms. The molecular formula is C18H17BrClNO4. The number of para-hydroxylation sites is 1. The van der Waals surface area contributed by atoms with Gasteiger partial charge in [-0.15, -0.1) is 0 Å². The fourth-order valence-electron chi connectivity index (χ4n) is 2.06. The number of benzene rings is 2. The molecule has 0 aromatic heterocycles. The summed E-state index contributed by atoms with van der Waals surface area (Å²) in [5.74, 6) is -0.502. The average molecular weight is 427 g/mol. The number of anilines is 1. The van der Waals surface area contributed by atoms with E-state index in [4.69, 9.17) is 21.1 Å². The molecule has 5 nitrogen and oxygen atoms in total. The first-order valence-corrected chi connectivity index (χ1v) is 8.65. The fourth-order valence-corrected chi connectivity index (χ4v) is 2.86. The molecule has 132 valence electrons. The fraction of sp³-hybridized carbons (Fsp3) is 0.222. The molecular weight excluding hydrogens is 410 g/mol. The van der Waals surface area contributed by atoms with Crippen LogP contribution in [0, 0.1) is 0 Å². The van der Waals surface area contributed by atoms with Crippen molar-refractivity contribution in [2.75, 3.05) is 18.6 Å². The molecule has 7 heteroatoms. The van der Waals surface area contributed by atoms with Gasteiger partial charge in [0.05, 0.1) is 4.47 Å². The second-order valence-corrected chi connectivity index (χ2v) is 6.52. The maximum atomic E-state index is 12.3. The van der Waals surface area contributed by atoms with Gasteiger partial charge in [0.1, 0.15) is 5.75 Å². The first-order valence-electron chi connectivity index (χ1n) is 7.48. The van der Waals surface area contributed by atoms with Crippen LogP contribution in [0.2, 0.25) is 5.02 Å². The number of hydrogen-bond donors (Lipinski definition) is 0. The monoisotopic (exact) mass is 425 g/mol. The maximum absolute atomic E-state index is 12.3. The maximum Gasteiger partial charge on any atom is 0.344 e. The average Bonchev–Trinajstić information content (AvgIpc) is 2.60. The molecule has 0 aliphatic heterocycles. The van der Waals surface area contributed by atoms with Crippen LogP contribution in [-0.2, 0) is 14.3 Å². The van der Waals surface area contributed by atoms with Crippen LogP contribution in [0.5, 0.6) is 5.75 Å². The molecule has 1 amide bonds. The third-order valence-electron chi connectivity index (χ3n) is 3.37. The molecule has 0 radical (unpaired) electrons. The van der Waals surface area contributed by atoms with Crippen molar-refractivity contribution in [3.8, 4) is 5.75 Å². The zero-order valence-electron chi connectivity index (χ0n) is 13.7. The number of ether oxygens (including phenoxy) is 2. The van der Waals surface area contributed by atoms with Crippen molar-refractivity contribution in [3.05, 3.63) is 58.0 Å². The second-order valence-electron chi connectivity index (χ2n) is 5.23. The summed E-state index contributed by atoms with van der Waals surface area (Å²) in [4.78, 5) is 25.7. The number of likely N-dealkylation sites (N-methyl/N-ethyl adjacent to an activating group) is 1. The summed E-state index contributed by atoms with van der Waals surface area (Å²) < 4.78 is 11.1. The number of rotatable bonds is 6. The Morgan fingerprint density at radius 1 is 1.20 bits per heavy atom. The van der Waals surface area contributed by atoms with Gasteiger partial charge in [-0.05, 0) is 53.2 Å². The third kappa shape index (κ3) is 5.47. The van der Waals surface area contributed by atoms with Gasteiger partial charge in [0.2, 0.25) is 0 Å². The van der Waals surface area contributed by atoms with Gasteiger partial charge in [-0.1, -0.05) is 29.8 Å². The molecule has 0 aliphatic carbocycles. The highest BCUT2D eigenvalue weighted by atomic mass is 79.9. The van der Waals surface area contributed by atoms with Crippen LogP contribution >= 0.6 is 27.5 Å². The molecule has 1 unspecified atom stereocenters. The molecule has 0 saturated heterocycles. The Morgan fingerprint density at radius 2 is 1.88 bits per heavy atom. The molecule has 0 N–H and O–H groups in total. The van der Waals surface area contributed by atoms with Gasteiger partial charge in [-0.2, -0.15) is 0 Å². The lowest BCUT2D eigenvalue weighted by atomic mass is 10.2. The van der Waals surface area contributed by atoms with Gasteiger partial charge in [0.15, 0.2) is 12.7 Å². The quantitative estimate of drug-likeness (QED) is 0.653. The molecule has 0 bridgehead atoms. The van der Waals surface area contributed by atoms with E-state index < -0.39 is 12.1 Å². The van der Waals surface area contributed by atoms with E-state index in [1.165, 1.54) is 11.8 Å². The van der Waals surface area contributed by atoms with Crippen LogP contribution in [-0.4, -0.2) is 31.6 Å². The molecule has 2 rings (SSSR count). The van der Waals surface area contributed by atoms with Gasteiger partial charge >= 0.3 is 5.97 Å². The van der Waals surface area contributed by atoms with E-state index in [1.54, 1.807) is 37.4 Å². The minimum Gasteiger partial charge on any atom is -0.481 e. The summed E-state index contributed by atoms with van der Waals surface area (Å²) in [6, 6.07) is 14.1. The lowest BCUT2D eigenvalue weighted by Crippen LogP contribution is -2.38. The number of hydrogen-bond acceptors (Lipinski definition) is 4. The van der Waals surface area contributed by atoms with E-state index in [2.05, 4.69) is 15.9 Å². The summed E-state index contributed by atoms with van der Waals surface area (Å²) in [6.07, 6.45) is -0.921. The summed E-state index contributed by atoms with van der Waals surface area (Å²) in [5, 5.41) is 0.546. The number of carbonyl (C=O) groups is 2. The summed E-state index contributed by atoms with van der Waals surface area (Å²) >= 11 is 9.14. The Labute approximate surface area is 159 Å². The predicted molar refractivity (Wildman–Crippen MR) is 100 cm³/mol. The molecule has 1 atom stereocenters. The van der Waals surface area contributed by atoms with Crippen molar-refractivity contribution in [2.24, 2.45) is 0 Å². The van der Waals surface area contributed by atoms with Crippen LogP contribution in [0.1, 0.15) is 6.92 Å². The zero-order chi connectivity index (χ0) is 18.4. The van der Waals surface area contributed by atoms with E-state index in [0.29, 0.717) is 15.2 Å². The summed E-state index contributed by atoms with van der Waals surface area (Å²) in [6.45, 7) is 1.21. The Bertz CT molecular complexity index is 754. The highest BCUT2D eigenvalue weighted by molar-refractivity contribution is 9.10. The molecule has 0 spiro atoms. The van der Waals surface area contributed by atoms with E-state index in [0.717, 1.165) is 5.69 Å². The van der Waals surface area contributed by atoms with Crippen molar-refractivity contribution in [2.45, 2.75) is 13.0 Å². The third-order valence-corrected chi connectivity index (χ3v) is 4.22. The molecule has 0 aliphatic rings. The van der Waals surface area contributed by atoms with Gasteiger partial charge < -0.3 is 14.4 Å². The number of esters is 1. The van der Waals surface area contributed by atoms with Crippen molar-refractivity contribution in [1.82, 2.24) is 0 Å². The van der Waals surface area contributed by atoms with Crippen LogP contribution in [0.3, 0.4) is 0 Å². The first kappa shape index (κ1) is 19.3. The Balaban J connectivity index is 1.88. The Hall–Kier alpha value is -2.05. The Kier molecular flexibility index (Phi) is 6.84. The lowest BCUT2D eigenvalue weighted by molar-refractivity contribution is -0.155. The lowest BCUT2D eigenvalue weighted by Gasteiger charge is -2.21.